The van der Waals surface area contributed by atoms with Gasteiger partial charge < -0.3 is 4.90 Å². The highest BCUT2D eigenvalue weighted by atomic mass is 35.5. The van der Waals surface area contributed by atoms with Gasteiger partial charge in [0, 0.05) is 28.7 Å². The van der Waals surface area contributed by atoms with Crippen LogP contribution in [0.25, 0.3) is 0 Å². The van der Waals surface area contributed by atoms with Crippen LogP contribution < -0.4 is 5.43 Å². The summed E-state index contributed by atoms with van der Waals surface area (Å²) in [5, 5.41) is 2.08. The molecule has 1 saturated heterocycles. The van der Waals surface area contributed by atoms with E-state index in [1.165, 1.54) is 17.1 Å². The molecule has 0 aromatic heterocycles. The molecule has 0 unspecified atom stereocenters. The Balaban J connectivity index is 2.23. The first kappa shape index (κ1) is 17.9. The minimum absolute atomic E-state index is 0.265. The lowest BCUT2D eigenvalue weighted by Gasteiger charge is -2.36. The molecule has 1 fully saturated rings. The van der Waals surface area contributed by atoms with E-state index in [1.54, 1.807) is 11.0 Å². The van der Waals surface area contributed by atoms with Crippen LogP contribution in [0.2, 0.25) is 10.0 Å². The van der Waals surface area contributed by atoms with Gasteiger partial charge in [-0.1, -0.05) is 23.2 Å². The number of hydrazine groups is 1. The molecule has 7 heteroatoms. The normalized spacial score (nSPS) is 14.7. The molecule has 2 rings (SSSR count). The Hall–Kier alpha value is -1.46. The van der Waals surface area contributed by atoms with E-state index in [0.717, 1.165) is 12.8 Å². The average molecular weight is 358 g/mol. The van der Waals surface area contributed by atoms with Gasteiger partial charge in [0.25, 0.3) is 5.91 Å². The molecule has 0 aliphatic carbocycles. The maximum atomic E-state index is 12.8. The number of likely N-dealkylation sites (tertiary alicyclic amines) is 1. The monoisotopic (exact) mass is 357 g/mol. The van der Waals surface area contributed by atoms with Gasteiger partial charge in [0.15, 0.2) is 0 Å². The molecule has 0 spiro atoms. The van der Waals surface area contributed by atoms with Gasteiger partial charge in [-0.3, -0.25) is 4.79 Å². The zero-order chi connectivity index (χ0) is 17.2. The standard InChI is InChI=1S/C16H21Cl2N3O2/c1-16(2,3)21(19-15(23)20-6-4-5-7-20)14(22)11-8-12(17)10-13(18)9-11/h8-10H,4-7H2,1-3H3,(H,19,23). The van der Waals surface area contributed by atoms with E-state index in [0.29, 0.717) is 28.7 Å². The van der Waals surface area contributed by atoms with Gasteiger partial charge in [0.1, 0.15) is 0 Å². The Morgan fingerprint density at radius 2 is 1.61 bits per heavy atom. The number of halogens is 2. The van der Waals surface area contributed by atoms with E-state index >= 15 is 0 Å². The number of rotatable bonds is 1. The maximum Gasteiger partial charge on any atom is 0.336 e. The van der Waals surface area contributed by atoms with Crippen molar-refractivity contribution in [3.63, 3.8) is 0 Å². The zero-order valence-corrected chi connectivity index (χ0v) is 15.0. The third-order valence-corrected chi connectivity index (χ3v) is 4.02. The molecule has 3 amide bonds. The maximum absolute atomic E-state index is 12.8. The molecule has 0 bridgehead atoms. The molecule has 126 valence electrons. The van der Waals surface area contributed by atoms with Gasteiger partial charge in [0.2, 0.25) is 0 Å². The molecule has 5 nitrogen and oxygen atoms in total. The molecule has 1 aromatic rings. The van der Waals surface area contributed by atoms with Crippen molar-refractivity contribution < 1.29 is 9.59 Å². The molecule has 1 aliphatic rings. The Bertz CT molecular complexity index is 588. The second-order valence-electron chi connectivity index (χ2n) is 6.58. The smallest absolute Gasteiger partial charge is 0.323 e. The van der Waals surface area contributed by atoms with E-state index < -0.39 is 5.54 Å². The summed E-state index contributed by atoms with van der Waals surface area (Å²) in [7, 11) is 0. The average Bonchev–Trinajstić information content (AvgIpc) is 2.95. The van der Waals surface area contributed by atoms with Crippen LogP contribution in [-0.4, -0.2) is 40.5 Å². The highest BCUT2D eigenvalue weighted by molar-refractivity contribution is 6.35. The summed E-state index contributed by atoms with van der Waals surface area (Å²) in [6.45, 7) is 6.96. The fourth-order valence-corrected chi connectivity index (χ4v) is 2.94. The van der Waals surface area contributed by atoms with Crippen LogP contribution in [0.4, 0.5) is 4.79 Å². The number of carbonyl (C=O) groups is 2. The van der Waals surface area contributed by atoms with Crippen molar-refractivity contribution in [2.45, 2.75) is 39.2 Å². The van der Waals surface area contributed by atoms with Gasteiger partial charge in [-0.15, -0.1) is 0 Å². The van der Waals surface area contributed by atoms with E-state index in [4.69, 9.17) is 23.2 Å². The Morgan fingerprint density at radius 1 is 1.09 bits per heavy atom. The lowest BCUT2D eigenvalue weighted by atomic mass is 10.1. The number of amides is 3. The van der Waals surface area contributed by atoms with Crippen LogP contribution in [0.3, 0.4) is 0 Å². The molecule has 23 heavy (non-hydrogen) atoms. The van der Waals surface area contributed by atoms with Gasteiger partial charge in [0.05, 0.1) is 5.54 Å². The molecule has 1 N–H and O–H groups in total. The zero-order valence-electron chi connectivity index (χ0n) is 13.5. The first-order chi connectivity index (χ1) is 10.7. The predicted octanol–water partition coefficient (Wildman–Crippen LogP) is 3.95. The minimum atomic E-state index is -0.596. The van der Waals surface area contributed by atoms with Crippen LogP contribution >= 0.6 is 23.2 Å². The second kappa shape index (κ2) is 6.97. The number of hydrogen-bond acceptors (Lipinski definition) is 2. The highest BCUT2D eigenvalue weighted by Gasteiger charge is 2.31. The van der Waals surface area contributed by atoms with Crippen LogP contribution in [0.5, 0.6) is 0 Å². The third-order valence-electron chi connectivity index (χ3n) is 3.58. The minimum Gasteiger partial charge on any atom is -0.323 e. The number of nitrogens with one attached hydrogen (secondary N) is 1. The van der Waals surface area contributed by atoms with Gasteiger partial charge in [-0.2, -0.15) is 0 Å². The lowest BCUT2D eigenvalue weighted by Crippen LogP contribution is -2.58. The number of nitrogens with zero attached hydrogens (tertiary/aromatic N) is 2. The van der Waals surface area contributed by atoms with Gasteiger partial charge >= 0.3 is 6.03 Å². The van der Waals surface area contributed by atoms with Crippen molar-refractivity contribution in [1.29, 1.82) is 0 Å². The Morgan fingerprint density at radius 3 is 2.09 bits per heavy atom. The molecule has 0 atom stereocenters. The van der Waals surface area contributed by atoms with E-state index in [-0.39, 0.29) is 11.9 Å². The largest absolute Gasteiger partial charge is 0.336 e. The molecule has 0 saturated carbocycles. The van der Waals surface area contributed by atoms with Crippen LogP contribution in [0.15, 0.2) is 18.2 Å². The molecule has 0 radical (unpaired) electrons. The Kier molecular flexibility index (Phi) is 5.42. The predicted molar refractivity (Wildman–Crippen MR) is 91.7 cm³/mol. The van der Waals surface area contributed by atoms with Crippen molar-refractivity contribution in [1.82, 2.24) is 15.3 Å². The summed E-state index contributed by atoms with van der Waals surface area (Å²) in [4.78, 5) is 26.9. The van der Waals surface area contributed by atoms with Crippen LogP contribution in [0.1, 0.15) is 44.0 Å². The lowest BCUT2D eigenvalue weighted by molar-refractivity contribution is 0.0423. The highest BCUT2D eigenvalue weighted by Crippen LogP contribution is 2.22. The van der Waals surface area contributed by atoms with Crippen molar-refractivity contribution in [3.05, 3.63) is 33.8 Å². The van der Waals surface area contributed by atoms with Crippen molar-refractivity contribution >= 4 is 35.1 Å². The van der Waals surface area contributed by atoms with E-state index in [2.05, 4.69) is 5.43 Å². The van der Waals surface area contributed by atoms with Crippen LogP contribution in [0, 0.1) is 0 Å². The van der Waals surface area contributed by atoms with Crippen molar-refractivity contribution in [2.75, 3.05) is 13.1 Å². The summed E-state index contributed by atoms with van der Waals surface area (Å²) < 4.78 is 0. The fraction of sp³-hybridized carbons (Fsp3) is 0.500. The van der Waals surface area contributed by atoms with Crippen molar-refractivity contribution in [2.24, 2.45) is 0 Å². The molecular formula is C16H21Cl2N3O2. The summed E-state index contributed by atoms with van der Waals surface area (Å²) in [5.74, 6) is -0.352. The molecule has 1 heterocycles. The third kappa shape index (κ3) is 4.52. The number of hydrogen-bond donors (Lipinski definition) is 1. The van der Waals surface area contributed by atoms with Gasteiger partial charge in [-0.25, -0.2) is 15.2 Å². The van der Waals surface area contributed by atoms with Gasteiger partial charge in [-0.05, 0) is 51.8 Å². The number of urea groups is 1. The first-order valence-electron chi connectivity index (χ1n) is 7.55. The van der Waals surface area contributed by atoms with E-state index in [1.807, 2.05) is 20.8 Å². The van der Waals surface area contributed by atoms with Crippen LogP contribution in [-0.2, 0) is 0 Å². The summed E-state index contributed by atoms with van der Waals surface area (Å²) in [6.07, 6.45) is 1.97. The fourth-order valence-electron chi connectivity index (χ4n) is 2.42. The SMILES string of the molecule is CC(C)(C)N(NC(=O)N1CCCC1)C(=O)c1cc(Cl)cc(Cl)c1. The number of benzene rings is 1. The molecule has 1 aromatic carbocycles. The molecule has 1 aliphatic heterocycles. The summed E-state index contributed by atoms with van der Waals surface area (Å²) in [5.41, 5.74) is 2.46. The topological polar surface area (TPSA) is 52.7 Å². The second-order valence-corrected chi connectivity index (χ2v) is 7.45. The van der Waals surface area contributed by atoms with E-state index in [9.17, 15) is 9.59 Å². The quantitative estimate of drug-likeness (QED) is 0.773. The molecular weight excluding hydrogens is 337 g/mol. The number of carbonyl (C=O) groups excluding carboxylic acids is 2. The Labute approximate surface area is 146 Å². The summed E-state index contributed by atoms with van der Waals surface area (Å²) in [6, 6.07) is 4.37. The van der Waals surface area contributed by atoms with Crippen molar-refractivity contribution in [3.8, 4) is 0 Å². The first-order valence-corrected chi connectivity index (χ1v) is 8.30. The summed E-state index contributed by atoms with van der Waals surface area (Å²) >= 11 is 11.9.